The maximum Gasteiger partial charge on any atom is 0.256 e. The highest BCUT2D eigenvalue weighted by atomic mass is 35.5. The zero-order valence-electron chi connectivity index (χ0n) is 11.0. The Morgan fingerprint density at radius 2 is 1.90 bits per heavy atom. The number of anilines is 1. The van der Waals surface area contributed by atoms with Crippen LogP contribution < -0.4 is 14.8 Å². The van der Waals surface area contributed by atoms with E-state index in [1.54, 1.807) is 36.4 Å². The molecule has 20 heavy (non-hydrogen) atoms. The van der Waals surface area contributed by atoms with Crippen LogP contribution in [0, 0.1) is 0 Å². The maximum atomic E-state index is 12.1. The van der Waals surface area contributed by atoms with E-state index < -0.39 is 0 Å². The number of amides is 1. The molecule has 104 valence electrons. The molecule has 0 radical (unpaired) electrons. The number of ether oxygens (including phenoxy) is 2. The average molecular weight is 293 g/mol. The van der Waals surface area contributed by atoms with E-state index in [2.05, 4.69) is 10.3 Å². The Bertz CT molecular complexity index is 632. The normalized spacial score (nSPS) is 9.95. The van der Waals surface area contributed by atoms with Gasteiger partial charge in [0, 0.05) is 5.56 Å². The second kappa shape index (κ2) is 6.25. The summed E-state index contributed by atoms with van der Waals surface area (Å²) < 4.78 is 10.3. The fraction of sp³-hybridized carbons (Fsp3) is 0.143. The Morgan fingerprint density at radius 3 is 2.55 bits per heavy atom. The lowest BCUT2D eigenvalue weighted by Crippen LogP contribution is -2.13. The molecular formula is C14H13ClN2O3. The first kappa shape index (κ1) is 14.1. The summed E-state index contributed by atoms with van der Waals surface area (Å²) in [6.07, 6.45) is 0. The summed E-state index contributed by atoms with van der Waals surface area (Å²) in [4.78, 5) is 16.1. The predicted octanol–water partition coefficient (Wildman–Crippen LogP) is 3.00. The zero-order valence-corrected chi connectivity index (χ0v) is 11.8. The molecule has 1 heterocycles. The number of carbonyl (C=O) groups excluding carboxylic acids is 1. The fourth-order valence-corrected chi connectivity index (χ4v) is 1.81. The highest BCUT2D eigenvalue weighted by Gasteiger charge is 2.11. The van der Waals surface area contributed by atoms with Gasteiger partial charge >= 0.3 is 0 Å². The van der Waals surface area contributed by atoms with Crippen molar-refractivity contribution in [3.8, 4) is 11.5 Å². The zero-order chi connectivity index (χ0) is 14.5. The topological polar surface area (TPSA) is 60.5 Å². The van der Waals surface area contributed by atoms with E-state index in [4.69, 9.17) is 21.1 Å². The molecule has 2 aromatic rings. The molecule has 0 saturated carbocycles. The van der Waals surface area contributed by atoms with Crippen LogP contribution in [0.1, 0.15) is 10.4 Å². The predicted molar refractivity (Wildman–Crippen MR) is 76.7 cm³/mol. The van der Waals surface area contributed by atoms with Gasteiger partial charge in [0.2, 0.25) is 0 Å². The summed E-state index contributed by atoms with van der Waals surface area (Å²) in [7, 11) is 3.05. The number of halogens is 1. The average Bonchev–Trinajstić information content (AvgIpc) is 2.46. The van der Waals surface area contributed by atoms with Crippen LogP contribution in [0.15, 0.2) is 36.4 Å². The van der Waals surface area contributed by atoms with Gasteiger partial charge in [-0.2, -0.15) is 0 Å². The number of hydrogen-bond acceptors (Lipinski definition) is 4. The SMILES string of the molecule is COc1ccc(C(=O)Nc2cccc(Cl)n2)cc1OC. The van der Waals surface area contributed by atoms with Crippen molar-refractivity contribution in [2.45, 2.75) is 0 Å². The number of hydrogen-bond donors (Lipinski definition) is 1. The van der Waals surface area contributed by atoms with Gasteiger partial charge in [-0.15, -0.1) is 0 Å². The van der Waals surface area contributed by atoms with Crippen molar-refractivity contribution in [3.63, 3.8) is 0 Å². The van der Waals surface area contributed by atoms with E-state index in [1.165, 1.54) is 14.2 Å². The number of benzene rings is 1. The lowest BCUT2D eigenvalue weighted by molar-refractivity contribution is 0.102. The van der Waals surface area contributed by atoms with Gasteiger partial charge in [0.15, 0.2) is 11.5 Å². The van der Waals surface area contributed by atoms with Crippen LogP contribution in [0.2, 0.25) is 5.15 Å². The molecule has 1 N–H and O–H groups in total. The second-order valence-electron chi connectivity index (χ2n) is 3.87. The van der Waals surface area contributed by atoms with Crippen molar-refractivity contribution in [3.05, 3.63) is 47.1 Å². The minimum atomic E-state index is -0.305. The summed E-state index contributed by atoms with van der Waals surface area (Å²) in [5, 5.41) is 2.97. The van der Waals surface area contributed by atoms with Gasteiger partial charge in [0.1, 0.15) is 11.0 Å². The largest absolute Gasteiger partial charge is 0.493 e. The van der Waals surface area contributed by atoms with Crippen LogP contribution in [0.3, 0.4) is 0 Å². The third-order valence-electron chi connectivity index (χ3n) is 2.60. The Labute approximate surface area is 121 Å². The minimum absolute atomic E-state index is 0.305. The summed E-state index contributed by atoms with van der Waals surface area (Å²) in [6.45, 7) is 0. The van der Waals surface area contributed by atoms with E-state index >= 15 is 0 Å². The minimum Gasteiger partial charge on any atom is -0.493 e. The van der Waals surface area contributed by atoms with Crippen LogP contribution in [0.4, 0.5) is 5.82 Å². The van der Waals surface area contributed by atoms with Gasteiger partial charge in [0.25, 0.3) is 5.91 Å². The molecule has 0 saturated heterocycles. The molecule has 1 amide bonds. The van der Waals surface area contributed by atoms with E-state index in [-0.39, 0.29) is 5.91 Å². The summed E-state index contributed by atoms with van der Waals surface area (Å²) in [5.41, 5.74) is 0.435. The first-order chi connectivity index (χ1) is 9.63. The molecule has 1 aromatic carbocycles. The first-order valence-electron chi connectivity index (χ1n) is 5.80. The third-order valence-corrected chi connectivity index (χ3v) is 2.81. The number of rotatable bonds is 4. The van der Waals surface area contributed by atoms with Gasteiger partial charge in [-0.3, -0.25) is 4.79 Å². The van der Waals surface area contributed by atoms with Gasteiger partial charge < -0.3 is 14.8 Å². The van der Waals surface area contributed by atoms with Crippen LogP contribution in [0.5, 0.6) is 11.5 Å². The monoisotopic (exact) mass is 292 g/mol. The number of carbonyl (C=O) groups is 1. The number of nitrogens with one attached hydrogen (secondary N) is 1. The molecule has 1 aromatic heterocycles. The van der Waals surface area contributed by atoms with Crippen molar-refractivity contribution in [2.24, 2.45) is 0 Å². The van der Waals surface area contributed by atoms with Crippen molar-refractivity contribution in [2.75, 3.05) is 19.5 Å². The molecule has 0 unspecified atom stereocenters. The molecule has 0 aliphatic heterocycles. The molecule has 6 heteroatoms. The standard InChI is InChI=1S/C14H13ClN2O3/c1-19-10-7-6-9(8-11(10)20-2)14(18)17-13-5-3-4-12(15)16-13/h3-8H,1-2H3,(H,16,17,18). The van der Waals surface area contributed by atoms with Crippen molar-refractivity contribution < 1.29 is 14.3 Å². The van der Waals surface area contributed by atoms with Crippen molar-refractivity contribution in [1.29, 1.82) is 0 Å². The number of pyridine rings is 1. The highest BCUT2D eigenvalue weighted by molar-refractivity contribution is 6.29. The Kier molecular flexibility index (Phi) is 4.42. The molecule has 2 rings (SSSR count). The third kappa shape index (κ3) is 3.19. The maximum absolute atomic E-state index is 12.1. The van der Waals surface area contributed by atoms with Gasteiger partial charge in [-0.25, -0.2) is 4.98 Å². The lowest BCUT2D eigenvalue weighted by Gasteiger charge is -2.09. The fourth-order valence-electron chi connectivity index (χ4n) is 1.64. The van der Waals surface area contributed by atoms with Crippen molar-refractivity contribution >= 4 is 23.3 Å². The summed E-state index contributed by atoms with van der Waals surface area (Å²) in [6, 6.07) is 9.90. The Balaban J connectivity index is 2.21. The Morgan fingerprint density at radius 1 is 1.15 bits per heavy atom. The molecular weight excluding hydrogens is 280 g/mol. The van der Waals surface area contributed by atoms with Gasteiger partial charge in [0.05, 0.1) is 14.2 Å². The molecule has 0 atom stereocenters. The van der Waals surface area contributed by atoms with Gasteiger partial charge in [-0.05, 0) is 30.3 Å². The number of aromatic nitrogens is 1. The highest BCUT2D eigenvalue weighted by Crippen LogP contribution is 2.27. The second-order valence-corrected chi connectivity index (χ2v) is 4.26. The summed E-state index contributed by atoms with van der Waals surface area (Å²) in [5.74, 6) is 1.13. The first-order valence-corrected chi connectivity index (χ1v) is 6.18. The molecule has 5 nitrogen and oxygen atoms in total. The van der Waals surface area contributed by atoms with Gasteiger partial charge in [-0.1, -0.05) is 17.7 Å². The van der Waals surface area contributed by atoms with E-state index in [9.17, 15) is 4.79 Å². The quantitative estimate of drug-likeness (QED) is 0.880. The molecule has 0 spiro atoms. The van der Waals surface area contributed by atoms with E-state index in [0.29, 0.717) is 28.0 Å². The van der Waals surface area contributed by atoms with Crippen LogP contribution in [0.25, 0.3) is 0 Å². The summed E-state index contributed by atoms with van der Waals surface area (Å²) >= 11 is 5.76. The lowest BCUT2D eigenvalue weighted by atomic mass is 10.2. The van der Waals surface area contributed by atoms with Crippen LogP contribution in [-0.2, 0) is 0 Å². The smallest absolute Gasteiger partial charge is 0.256 e. The molecule has 0 aliphatic carbocycles. The van der Waals surface area contributed by atoms with Crippen LogP contribution >= 0.6 is 11.6 Å². The van der Waals surface area contributed by atoms with Crippen molar-refractivity contribution in [1.82, 2.24) is 4.98 Å². The van der Waals surface area contributed by atoms with E-state index in [0.717, 1.165) is 0 Å². The molecule has 0 fully saturated rings. The van der Waals surface area contributed by atoms with E-state index in [1.807, 2.05) is 0 Å². The number of methoxy groups -OCH3 is 2. The number of nitrogens with zero attached hydrogens (tertiary/aromatic N) is 1. The van der Waals surface area contributed by atoms with Crippen LogP contribution in [-0.4, -0.2) is 25.1 Å². The molecule has 0 bridgehead atoms. The molecule has 0 aliphatic rings. The Hall–Kier alpha value is -2.27.